The third-order valence-corrected chi connectivity index (χ3v) is 4.57. The minimum atomic E-state index is 0.636. The molecule has 0 aromatic heterocycles. The van der Waals surface area contributed by atoms with E-state index in [0.717, 1.165) is 5.75 Å². The summed E-state index contributed by atoms with van der Waals surface area (Å²) in [4.78, 5) is 2.46. The summed E-state index contributed by atoms with van der Waals surface area (Å²) in [6.45, 7) is 2.61. The monoisotopic (exact) mass is 285 g/mol. The molecule has 0 saturated carbocycles. The van der Waals surface area contributed by atoms with E-state index >= 15 is 0 Å². The zero-order valence-corrected chi connectivity index (χ0v) is 12.5. The minimum absolute atomic E-state index is 0.636. The number of hydrogen-bond acceptors (Lipinski definition) is 3. The Morgan fingerprint density at radius 1 is 1.05 bits per heavy atom. The van der Waals surface area contributed by atoms with Crippen molar-refractivity contribution in [3.63, 3.8) is 0 Å². The number of hydrogen-bond donors (Lipinski definition) is 1. The van der Waals surface area contributed by atoms with Crippen LogP contribution in [0.25, 0.3) is 0 Å². The summed E-state index contributed by atoms with van der Waals surface area (Å²) >= 11 is 1.77. The predicted molar refractivity (Wildman–Crippen MR) is 84.6 cm³/mol. The largest absolute Gasteiger partial charge is 0.492 e. The topological polar surface area (TPSA) is 35.2 Å². The van der Waals surface area contributed by atoms with E-state index in [4.69, 9.17) is 10.5 Å². The molecule has 104 valence electrons. The van der Waals surface area contributed by atoms with Gasteiger partial charge in [0.05, 0.1) is 12.3 Å². The lowest BCUT2D eigenvalue weighted by Gasteiger charge is -2.09. The lowest BCUT2D eigenvalue weighted by atomic mass is 10.1. The number of anilines is 1. The Morgan fingerprint density at radius 3 is 2.65 bits per heavy atom. The Hall–Kier alpha value is -1.61. The molecule has 0 amide bonds. The van der Waals surface area contributed by atoms with Gasteiger partial charge in [-0.3, -0.25) is 0 Å². The first-order valence-corrected chi connectivity index (χ1v) is 7.90. The van der Waals surface area contributed by atoms with Crippen LogP contribution in [0.4, 0.5) is 5.69 Å². The van der Waals surface area contributed by atoms with Crippen LogP contribution in [0.15, 0.2) is 46.2 Å². The summed E-state index contributed by atoms with van der Waals surface area (Å²) < 4.78 is 5.55. The van der Waals surface area contributed by atoms with Gasteiger partial charge < -0.3 is 10.5 Å². The molecule has 2 aromatic carbocycles. The molecule has 1 aliphatic rings. The fourth-order valence-electron chi connectivity index (χ4n) is 2.61. The van der Waals surface area contributed by atoms with Gasteiger partial charge in [0, 0.05) is 9.79 Å². The number of nitrogens with two attached hydrogens (primary N) is 1. The van der Waals surface area contributed by atoms with E-state index in [1.165, 1.54) is 40.2 Å². The second-order valence-electron chi connectivity index (χ2n) is 5.02. The van der Waals surface area contributed by atoms with Crippen molar-refractivity contribution in [3.8, 4) is 5.75 Å². The first-order chi connectivity index (χ1) is 9.76. The van der Waals surface area contributed by atoms with Crippen molar-refractivity contribution in [2.24, 2.45) is 0 Å². The molecule has 0 bridgehead atoms. The maximum Gasteiger partial charge on any atom is 0.143 e. The molecule has 0 atom stereocenters. The third kappa shape index (κ3) is 2.78. The summed E-state index contributed by atoms with van der Waals surface area (Å²) in [5.41, 5.74) is 9.63. The van der Waals surface area contributed by atoms with Crippen molar-refractivity contribution in [3.05, 3.63) is 47.5 Å². The quantitative estimate of drug-likeness (QED) is 0.850. The van der Waals surface area contributed by atoms with E-state index in [1.54, 1.807) is 11.8 Å². The molecule has 2 aromatic rings. The van der Waals surface area contributed by atoms with Crippen LogP contribution < -0.4 is 10.5 Å². The highest BCUT2D eigenvalue weighted by Crippen LogP contribution is 2.35. The highest BCUT2D eigenvalue weighted by atomic mass is 32.2. The number of aryl methyl sites for hydroxylation is 2. The molecule has 0 unspecified atom stereocenters. The third-order valence-electron chi connectivity index (χ3n) is 3.59. The van der Waals surface area contributed by atoms with Gasteiger partial charge >= 0.3 is 0 Å². The van der Waals surface area contributed by atoms with Crippen molar-refractivity contribution >= 4 is 17.4 Å². The predicted octanol–water partition coefficient (Wildman–Crippen LogP) is 4.31. The normalized spacial score (nSPS) is 13.2. The minimum Gasteiger partial charge on any atom is -0.492 e. The van der Waals surface area contributed by atoms with Gasteiger partial charge in [-0.1, -0.05) is 17.8 Å². The lowest BCUT2D eigenvalue weighted by Crippen LogP contribution is -1.96. The Morgan fingerprint density at radius 2 is 1.80 bits per heavy atom. The van der Waals surface area contributed by atoms with Gasteiger partial charge in [0.2, 0.25) is 0 Å². The summed E-state index contributed by atoms with van der Waals surface area (Å²) in [5.74, 6) is 0.777. The Balaban J connectivity index is 1.82. The molecule has 0 spiro atoms. The van der Waals surface area contributed by atoms with Gasteiger partial charge in [-0.2, -0.15) is 0 Å². The van der Waals surface area contributed by atoms with Crippen LogP contribution >= 0.6 is 11.8 Å². The molecule has 20 heavy (non-hydrogen) atoms. The standard InChI is InChI=1S/C17H19NOS/c1-2-19-17-11-15(8-9-16(17)18)20-14-7-6-12-4-3-5-13(12)10-14/h6-11H,2-5,18H2,1H3. The second-order valence-corrected chi connectivity index (χ2v) is 6.17. The highest BCUT2D eigenvalue weighted by molar-refractivity contribution is 7.99. The van der Waals surface area contributed by atoms with Crippen molar-refractivity contribution in [1.29, 1.82) is 0 Å². The van der Waals surface area contributed by atoms with E-state index < -0.39 is 0 Å². The van der Waals surface area contributed by atoms with Crippen LogP contribution in [-0.4, -0.2) is 6.61 Å². The molecule has 0 fully saturated rings. The van der Waals surface area contributed by atoms with Crippen LogP contribution in [0, 0.1) is 0 Å². The SMILES string of the molecule is CCOc1cc(Sc2ccc3c(c2)CCC3)ccc1N. The van der Waals surface area contributed by atoms with Gasteiger partial charge in [-0.05, 0) is 67.6 Å². The molecular weight excluding hydrogens is 266 g/mol. The summed E-state index contributed by atoms with van der Waals surface area (Å²) in [7, 11) is 0. The maximum absolute atomic E-state index is 5.91. The average molecular weight is 285 g/mol. The molecule has 0 aliphatic heterocycles. The number of benzene rings is 2. The van der Waals surface area contributed by atoms with Crippen LogP contribution in [0.5, 0.6) is 5.75 Å². The number of ether oxygens (including phenoxy) is 1. The van der Waals surface area contributed by atoms with Crippen molar-refractivity contribution in [2.45, 2.75) is 36.0 Å². The second kappa shape index (κ2) is 5.80. The molecule has 0 saturated heterocycles. The molecule has 0 heterocycles. The van der Waals surface area contributed by atoms with Gasteiger partial charge in [-0.15, -0.1) is 0 Å². The zero-order valence-electron chi connectivity index (χ0n) is 11.7. The van der Waals surface area contributed by atoms with Crippen LogP contribution in [0.2, 0.25) is 0 Å². The van der Waals surface area contributed by atoms with E-state index in [1.807, 2.05) is 19.1 Å². The first kappa shape index (κ1) is 13.4. The van der Waals surface area contributed by atoms with Crippen LogP contribution in [0.1, 0.15) is 24.5 Å². The molecule has 3 heteroatoms. The van der Waals surface area contributed by atoms with E-state index in [9.17, 15) is 0 Å². The van der Waals surface area contributed by atoms with Crippen molar-refractivity contribution in [2.75, 3.05) is 12.3 Å². The van der Waals surface area contributed by atoms with Crippen molar-refractivity contribution < 1.29 is 4.74 Å². The van der Waals surface area contributed by atoms with Crippen LogP contribution in [-0.2, 0) is 12.8 Å². The lowest BCUT2D eigenvalue weighted by molar-refractivity contribution is 0.341. The summed E-state index contributed by atoms with van der Waals surface area (Å²) in [6.07, 6.45) is 3.74. The van der Waals surface area contributed by atoms with Crippen molar-refractivity contribution in [1.82, 2.24) is 0 Å². The summed E-state index contributed by atoms with van der Waals surface area (Å²) in [6, 6.07) is 12.8. The van der Waals surface area contributed by atoms with E-state index in [2.05, 4.69) is 24.3 Å². The van der Waals surface area contributed by atoms with E-state index in [0.29, 0.717) is 12.3 Å². The molecule has 2 nitrogen and oxygen atoms in total. The number of nitrogen functional groups attached to an aromatic ring is 1. The van der Waals surface area contributed by atoms with E-state index in [-0.39, 0.29) is 0 Å². The van der Waals surface area contributed by atoms with Gasteiger partial charge in [0.15, 0.2) is 0 Å². The van der Waals surface area contributed by atoms with Crippen LogP contribution in [0.3, 0.4) is 0 Å². The average Bonchev–Trinajstić information content (AvgIpc) is 2.90. The Kier molecular flexibility index (Phi) is 3.88. The maximum atomic E-state index is 5.91. The fraction of sp³-hybridized carbons (Fsp3) is 0.294. The number of fused-ring (bicyclic) bond motifs is 1. The summed E-state index contributed by atoms with van der Waals surface area (Å²) in [5, 5.41) is 0. The number of rotatable bonds is 4. The zero-order chi connectivity index (χ0) is 13.9. The first-order valence-electron chi connectivity index (χ1n) is 7.08. The van der Waals surface area contributed by atoms with Gasteiger partial charge in [0.1, 0.15) is 5.75 Å². The molecule has 1 aliphatic carbocycles. The van der Waals surface area contributed by atoms with Gasteiger partial charge in [0.25, 0.3) is 0 Å². The molecular formula is C17H19NOS. The smallest absolute Gasteiger partial charge is 0.143 e. The Labute approximate surface area is 124 Å². The fourth-order valence-corrected chi connectivity index (χ4v) is 3.52. The Bertz CT molecular complexity index is 624. The molecule has 3 rings (SSSR count). The molecule has 0 radical (unpaired) electrons. The molecule has 2 N–H and O–H groups in total. The van der Waals surface area contributed by atoms with Gasteiger partial charge in [-0.25, -0.2) is 0 Å². The highest BCUT2D eigenvalue weighted by Gasteiger charge is 2.11.